The number of nitriles is 1. The molecule has 0 bridgehead atoms. The van der Waals surface area contributed by atoms with Gasteiger partial charge in [0.1, 0.15) is 0 Å². The number of carbonyl (C=O) groups excluding carboxylic acids is 2. The number of hydrogen-bond acceptors (Lipinski definition) is 3. The van der Waals surface area contributed by atoms with E-state index in [1.807, 2.05) is 6.92 Å². The first-order chi connectivity index (χ1) is 8.06. The molecule has 0 heterocycles. The number of hydrogen-bond donors (Lipinski definition) is 0. The van der Waals surface area contributed by atoms with Gasteiger partial charge in [-0.3, -0.25) is 9.59 Å². The lowest BCUT2D eigenvalue weighted by Crippen LogP contribution is -2.20. The summed E-state index contributed by atoms with van der Waals surface area (Å²) >= 11 is 4.24. The van der Waals surface area contributed by atoms with E-state index in [1.165, 1.54) is 6.92 Å². The molecule has 90 valence electrons. The molecule has 0 radical (unpaired) electrons. The Morgan fingerprint density at radius 2 is 1.71 bits per heavy atom. The molecule has 1 rings (SSSR count). The average molecular weight is 455 g/mol. The molecule has 0 N–H and O–H groups in total. The fraction of sp³-hybridized carbons (Fsp3) is 0.250. The summed E-state index contributed by atoms with van der Waals surface area (Å²) in [5.41, 5.74) is 1.44. The fourth-order valence-corrected chi connectivity index (χ4v) is 1.22. The van der Waals surface area contributed by atoms with E-state index < -0.39 is 17.5 Å². The summed E-state index contributed by atoms with van der Waals surface area (Å²) in [5, 5.41) is 8.69. The number of Topliss-reactive ketones (excluding diaryl/α,β-unsaturated/α-hetero) is 2. The summed E-state index contributed by atoms with van der Waals surface area (Å²) in [6.07, 6.45) is 0. The maximum atomic E-state index is 11.7. The van der Waals surface area contributed by atoms with Crippen LogP contribution in [0.25, 0.3) is 0 Å². The van der Waals surface area contributed by atoms with E-state index in [4.69, 9.17) is 5.26 Å². The van der Waals surface area contributed by atoms with Gasteiger partial charge in [0.15, 0.2) is 17.5 Å². The van der Waals surface area contributed by atoms with Gasteiger partial charge in [-0.25, -0.2) is 0 Å². The fourth-order valence-electron chi connectivity index (χ4n) is 1.22. The van der Waals surface area contributed by atoms with Crippen LogP contribution in [0.5, 0.6) is 0 Å². The molecule has 0 fully saturated rings. The standard InChI is InChI=1S/C12H11NO2.I2/c1-8-3-5-10(6-4-8)12(15)11(7-13)9(2)14;1-2/h3-6,11H,1-2H3;. The third kappa shape index (κ3) is 5.12. The Bertz CT molecular complexity index is 435. The molecule has 0 aliphatic heterocycles. The van der Waals surface area contributed by atoms with Crippen molar-refractivity contribution in [1.82, 2.24) is 0 Å². The van der Waals surface area contributed by atoms with Gasteiger partial charge in [0.05, 0.1) is 6.07 Å². The number of rotatable bonds is 3. The molecule has 0 spiro atoms. The zero-order valence-corrected chi connectivity index (χ0v) is 13.7. The molecular formula is C12H11I2NO2. The molecule has 0 aromatic heterocycles. The summed E-state index contributed by atoms with van der Waals surface area (Å²) in [6, 6.07) is 8.53. The minimum Gasteiger partial charge on any atom is -0.298 e. The van der Waals surface area contributed by atoms with Crippen molar-refractivity contribution in [3.8, 4) is 6.07 Å². The van der Waals surface area contributed by atoms with Gasteiger partial charge in [-0.15, -0.1) is 0 Å². The Kier molecular flexibility index (Phi) is 8.33. The smallest absolute Gasteiger partial charge is 0.187 e. The first-order valence-corrected chi connectivity index (χ1v) is 11.0. The molecule has 1 unspecified atom stereocenters. The van der Waals surface area contributed by atoms with Crippen LogP contribution in [-0.4, -0.2) is 11.6 Å². The largest absolute Gasteiger partial charge is 0.298 e. The highest BCUT2D eigenvalue weighted by Gasteiger charge is 2.23. The monoisotopic (exact) mass is 455 g/mol. The summed E-state index contributed by atoms with van der Waals surface area (Å²) in [6.45, 7) is 3.15. The van der Waals surface area contributed by atoms with E-state index in [1.54, 1.807) is 30.3 Å². The van der Waals surface area contributed by atoms with Crippen LogP contribution in [0.2, 0.25) is 0 Å². The van der Waals surface area contributed by atoms with Crippen molar-refractivity contribution in [1.29, 1.82) is 5.26 Å². The van der Waals surface area contributed by atoms with Gasteiger partial charge < -0.3 is 0 Å². The van der Waals surface area contributed by atoms with Crippen molar-refractivity contribution in [2.45, 2.75) is 13.8 Å². The third-order valence-corrected chi connectivity index (χ3v) is 2.13. The molecule has 0 aliphatic carbocycles. The van der Waals surface area contributed by atoms with Gasteiger partial charge in [-0.05, 0) is 13.8 Å². The predicted octanol–water partition coefficient (Wildman–Crippen LogP) is 3.68. The van der Waals surface area contributed by atoms with Gasteiger partial charge in [-0.2, -0.15) is 5.26 Å². The average Bonchev–Trinajstić information content (AvgIpc) is 2.32. The summed E-state index contributed by atoms with van der Waals surface area (Å²) < 4.78 is 0. The molecule has 0 aliphatic rings. The maximum Gasteiger partial charge on any atom is 0.187 e. The second kappa shape index (κ2) is 8.58. The van der Waals surface area contributed by atoms with Crippen LogP contribution in [0.3, 0.4) is 0 Å². The second-order valence-electron chi connectivity index (χ2n) is 3.40. The lowest BCUT2D eigenvalue weighted by molar-refractivity contribution is -0.118. The van der Waals surface area contributed by atoms with Crippen LogP contribution in [-0.2, 0) is 4.79 Å². The zero-order valence-electron chi connectivity index (χ0n) is 9.41. The van der Waals surface area contributed by atoms with E-state index >= 15 is 0 Å². The lowest BCUT2D eigenvalue weighted by atomic mass is 9.95. The molecule has 3 nitrogen and oxygen atoms in total. The van der Waals surface area contributed by atoms with Crippen molar-refractivity contribution in [3.63, 3.8) is 0 Å². The topological polar surface area (TPSA) is 57.9 Å². The molecule has 0 saturated heterocycles. The lowest BCUT2D eigenvalue weighted by Gasteiger charge is -2.04. The van der Waals surface area contributed by atoms with Gasteiger partial charge in [0.2, 0.25) is 0 Å². The first kappa shape index (κ1) is 16.5. The van der Waals surface area contributed by atoms with Crippen molar-refractivity contribution in [2.24, 2.45) is 5.92 Å². The van der Waals surface area contributed by atoms with Gasteiger partial charge in [0, 0.05) is 42.8 Å². The van der Waals surface area contributed by atoms with Crippen LogP contribution in [0.4, 0.5) is 0 Å². The Balaban J connectivity index is 0.00000121. The van der Waals surface area contributed by atoms with E-state index in [0.717, 1.165) is 5.56 Å². The van der Waals surface area contributed by atoms with Crippen LogP contribution in [0.1, 0.15) is 22.8 Å². The van der Waals surface area contributed by atoms with Gasteiger partial charge in [0.25, 0.3) is 0 Å². The van der Waals surface area contributed by atoms with E-state index in [9.17, 15) is 9.59 Å². The molecule has 0 saturated carbocycles. The minimum atomic E-state index is -1.17. The highest BCUT2D eigenvalue weighted by atomic mass is 128. The van der Waals surface area contributed by atoms with Crippen molar-refractivity contribution in [2.75, 3.05) is 0 Å². The van der Waals surface area contributed by atoms with E-state index in [2.05, 4.69) is 37.2 Å². The Labute approximate surface area is 124 Å². The van der Waals surface area contributed by atoms with Crippen LogP contribution in [0.15, 0.2) is 24.3 Å². The quantitative estimate of drug-likeness (QED) is 0.397. The summed E-state index contributed by atoms with van der Waals surface area (Å²) in [4.78, 5) is 22.7. The van der Waals surface area contributed by atoms with Gasteiger partial charge >= 0.3 is 0 Å². The van der Waals surface area contributed by atoms with Crippen molar-refractivity contribution < 1.29 is 9.59 Å². The molecule has 1 aromatic rings. The van der Waals surface area contributed by atoms with Crippen LogP contribution in [0, 0.1) is 24.2 Å². The molecule has 0 amide bonds. The number of ketones is 2. The number of benzene rings is 1. The zero-order chi connectivity index (χ0) is 13.4. The number of halogens is 2. The molecule has 1 aromatic carbocycles. The molecule has 5 heteroatoms. The van der Waals surface area contributed by atoms with Crippen molar-refractivity contribution in [3.05, 3.63) is 35.4 Å². The van der Waals surface area contributed by atoms with Gasteiger partial charge in [-0.1, -0.05) is 29.8 Å². The normalized spacial score (nSPS) is 10.5. The molecule has 17 heavy (non-hydrogen) atoms. The molecule has 1 atom stereocenters. The van der Waals surface area contributed by atoms with Crippen molar-refractivity contribution >= 4 is 48.8 Å². The highest BCUT2D eigenvalue weighted by molar-refractivity contribution is 15.0. The van der Waals surface area contributed by atoms with E-state index in [-0.39, 0.29) is 0 Å². The number of carbonyl (C=O) groups is 2. The van der Waals surface area contributed by atoms with Crippen LogP contribution < -0.4 is 0 Å². The van der Waals surface area contributed by atoms with E-state index in [0.29, 0.717) is 5.56 Å². The Hall–Kier alpha value is -0.490. The Morgan fingerprint density at radius 3 is 2.06 bits per heavy atom. The Morgan fingerprint density at radius 1 is 1.24 bits per heavy atom. The summed E-state index contributed by atoms with van der Waals surface area (Å²) in [7, 11) is 0. The summed E-state index contributed by atoms with van der Waals surface area (Å²) in [5.74, 6) is -2.01. The minimum absolute atomic E-state index is 0.405. The van der Waals surface area contributed by atoms with Crippen LogP contribution >= 0.6 is 37.2 Å². The molecular weight excluding hydrogens is 444 g/mol. The number of nitrogens with zero attached hydrogens (tertiary/aromatic N) is 1. The number of aryl methyl sites for hydroxylation is 1. The first-order valence-electron chi connectivity index (χ1n) is 4.71. The maximum absolute atomic E-state index is 11.7. The highest BCUT2D eigenvalue weighted by Crippen LogP contribution is 2.10. The third-order valence-electron chi connectivity index (χ3n) is 2.13. The predicted molar refractivity (Wildman–Crippen MR) is 83.3 cm³/mol. The SMILES string of the molecule is CC(=O)C(C#N)C(=O)c1ccc(C)cc1.II. The second-order valence-corrected chi connectivity index (χ2v) is 3.40.